The monoisotopic (exact) mass is 293 g/mol. The molecule has 0 spiro atoms. The highest BCUT2D eigenvalue weighted by Gasteiger charge is 2.17. The zero-order chi connectivity index (χ0) is 15.1. The lowest BCUT2D eigenvalue weighted by Gasteiger charge is -2.18. The van der Waals surface area contributed by atoms with Crippen LogP contribution in [-0.2, 0) is 0 Å². The summed E-state index contributed by atoms with van der Waals surface area (Å²) in [6.45, 7) is 4.44. The van der Waals surface area contributed by atoms with Gasteiger partial charge in [0.15, 0.2) is 5.75 Å². The molecule has 21 heavy (non-hydrogen) atoms. The van der Waals surface area contributed by atoms with Crippen molar-refractivity contribution in [1.29, 1.82) is 0 Å². The van der Waals surface area contributed by atoms with Gasteiger partial charge in [0, 0.05) is 30.4 Å². The number of nitrogens with one attached hydrogen (secondary N) is 2. The molecule has 1 aromatic rings. The van der Waals surface area contributed by atoms with E-state index in [4.69, 9.17) is 4.74 Å². The van der Waals surface area contributed by atoms with E-state index in [1.807, 2.05) is 6.92 Å². The van der Waals surface area contributed by atoms with Crippen LogP contribution < -0.4 is 15.4 Å². The van der Waals surface area contributed by atoms with Gasteiger partial charge in [-0.15, -0.1) is 0 Å². The fourth-order valence-electron chi connectivity index (χ4n) is 2.46. The molecule has 0 amide bonds. The Hall–Kier alpha value is -1.82. The van der Waals surface area contributed by atoms with Gasteiger partial charge in [-0.2, -0.15) is 0 Å². The smallest absolute Gasteiger partial charge is 0.311 e. The molecule has 1 unspecified atom stereocenters. The Morgan fingerprint density at radius 1 is 1.48 bits per heavy atom. The largest absolute Gasteiger partial charge is 0.487 e. The van der Waals surface area contributed by atoms with Gasteiger partial charge in [-0.05, 0) is 31.9 Å². The Bertz CT molecular complexity index is 471. The number of ether oxygens (including phenoxy) is 1. The number of benzene rings is 1. The molecule has 0 aromatic heterocycles. The van der Waals surface area contributed by atoms with E-state index in [9.17, 15) is 10.1 Å². The molecule has 6 heteroatoms. The van der Waals surface area contributed by atoms with E-state index < -0.39 is 4.92 Å². The van der Waals surface area contributed by atoms with E-state index in [-0.39, 0.29) is 5.69 Å². The molecule has 116 valence electrons. The molecule has 0 radical (unpaired) electrons. The minimum Gasteiger partial charge on any atom is -0.487 e. The predicted molar refractivity (Wildman–Crippen MR) is 83.0 cm³/mol. The van der Waals surface area contributed by atoms with Crippen LogP contribution in [0.25, 0.3) is 0 Å². The van der Waals surface area contributed by atoms with Crippen LogP contribution in [0.4, 0.5) is 11.4 Å². The summed E-state index contributed by atoms with van der Waals surface area (Å²) in [5.41, 5.74) is 0.897. The van der Waals surface area contributed by atoms with Crippen molar-refractivity contribution in [3.63, 3.8) is 0 Å². The predicted octanol–water partition coefficient (Wildman–Crippen LogP) is 2.94. The van der Waals surface area contributed by atoms with Crippen LogP contribution in [0.15, 0.2) is 18.2 Å². The summed E-state index contributed by atoms with van der Waals surface area (Å²) in [4.78, 5) is 10.6. The number of rotatable bonds is 6. The summed E-state index contributed by atoms with van der Waals surface area (Å²) in [7, 11) is 0. The summed E-state index contributed by atoms with van der Waals surface area (Å²) in [6.07, 6.45) is 4.32. The maximum Gasteiger partial charge on any atom is 0.311 e. The SMILES string of the molecule is CCCOc1cc(NC2CCCCNC2)ccc1[N+](=O)[O-]. The van der Waals surface area contributed by atoms with Crippen molar-refractivity contribution in [1.82, 2.24) is 5.32 Å². The average molecular weight is 293 g/mol. The third-order valence-electron chi connectivity index (χ3n) is 3.54. The van der Waals surface area contributed by atoms with Gasteiger partial charge in [0.05, 0.1) is 11.5 Å². The maximum atomic E-state index is 11.0. The Balaban J connectivity index is 2.10. The molecule has 1 saturated heterocycles. The number of nitro groups is 1. The van der Waals surface area contributed by atoms with Gasteiger partial charge >= 0.3 is 5.69 Å². The number of nitrogens with zero attached hydrogens (tertiary/aromatic N) is 1. The van der Waals surface area contributed by atoms with E-state index in [0.29, 0.717) is 18.4 Å². The molecule has 6 nitrogen and oxygen atoms in total. The van der Waals surface area contributed by atoms with Gasteiger partial charge in [-0.1, -0.05) is 13.3 Å². The molecule has 2 N–H and O–H groups in total. The molecule has 1 aliphatic rings. The molecule has 1 atom stereocenters. The second kappa shape index (κ2) is 7.83. The van der Waals surface area contributed by atoms with E-state index in [2.05, 4.69) is 10.6 Å². The van der Waals surface area contributed by atoms with Crippen molar-refractivity contribution >= 4 is 11.4 Å². The second-order valence-electron chi connectivity index (χ2n) is 5.33. The topological polar surface area (TPSA) is 76.4 Å². The summed E-state index contributed by atoms with van der Waals surface area (Å²) >= 11 is 0. The minimum absolute atomic E-state index is 0.0213. The van der Waals surface area contributed by atoms with Crippen molar-refractivity contribution in [3.05, 3.63) is 28.3 Å². The molecule has 2 rings (SSSR count). The number of anilines is 1. The Kier molecular flexibility index (Phi) is 5.80. The number of hydrogen-bond acceptors (Lipinski definition) is 5. The number of nitro benzene ring substituents is 1. The molecular formula is C15H23N3O3. The Labute approximate surface area is 125 Å². The van der Waals surface area contributed by atoms with Crippen molar-refractivity contribution in [3.8, 4) is 5.75 Å². The van der Waals surface area contributed by atoms with Gasteiger partial charge in [0.1, 0.15) is 0 Å². The summed E-state index contributed by atoms with van der Waals surface area (Å²) in [6, 6.07) is 5.35. The fraction of sp³-hybridized carbons (Fsp3) is 0.600. The van der Waals surface area contributed by atoms with Crippen LogP contribution in [0.2, 0.25) is 0 Å². The highest BCUT2D eigenvalue weighted by Crippen LogP contribution is 2.30. The van der Waals surface area contributed by atoms with Crippen LogP contribution in [0.1, 0.15) is 32.6 Å². The van der Waals surface area contributed by atoms with Crippen LogP contribution in [0.5, 0.6) is 5.75 Å². The normalized spacial score (nSPS) is 18.8. The summed E-state index contributed by atoms with van der Waals surface area (Å²) in [5.74, 6) is 0.341. The first kappa shape index (κ1) is 15.6. The van der Waals surface area contributed by atoms with E-state index >= 15 is 0 Å². The third kappa shape index (κ3) is 4.60. The second-order valence-corrected chi connectivity index (χ2v) is 5.33. The lowest BCUT2D eigenvalue weighted by Crippen LogP contribution is -2.30. The van der Waals surface area contributed by atoms with Gasteiger partial charge in [-0.3, -0.25) is 10.1 Å². The third-order valence-corrected chi connectivity index (χ3v) is 3.54. The van der Waals surface area contributed by atoms with Crippen LogP contribution in [-0.4, -0.2) is 30.7 Å². The average Bonchev–Trinajstić information content (AvgIpc) is 2.73. The molecule has 0 aliphatic carbocycles. The van der Waals surface area contributed by atoms with Crippen LogP contribution >= 0.6 is 0 Å². The van der Waals surface area contributed by atoms with Gasteiger partial charge < -0.3 is 15.4 Å². The van der Waals surface area contributed by atoms with Crippen LogP contribution in [0, 0.1) is 10.1 Å². The van der Waals surface area contributed by atoms with E-state index in [1.165, 1.54) is 18.9 Å². The fourth-order valence-corrected chi connectivity index (χ4v) is 2.46. The first-order valence-electron chi connectivity index (χ1n) is 7.59. The quantitative estimate of drug-likeness (QED) is 0.623. The molecular weight excluding hydrogens is 270 g/mol. The van der Waals surface area contributed by atoms with Gasteiger partial charge in [0.25, 0.3) is 0 Å². The van der Waals surface area contributed by atoms with Crippen molar-refractivity contribution in [2.24, 2.45) is 0 Å². The lowest BCUT2D eigenvalue weighted by atomic mass is 10.1. The zero-order valence-electron chi connectivity index (χ0n) is 12.4. The first-order chi connectivity index (χ1) is 10.2. The Morgan fingerprint density at radius 2 is 2.33 bits per heavy atom. The first-order valence-corrected chi connectivity index (χ1v) is 7.59. The van der Waals surface area contributed by atoms with Gasteiger partial charge in [-0.25, -0.2) is 0 Å². The maximum absolute atomic E-state index is 11.0. The van der Waals surface area contributed by atoms with Crippen molar-refractivity contribution in [2.45, 2.75) is 38.6 Å². The molecule has 0 bridgehead atoms. The highest BCUT2D eigenvalue weighted by atomic mass is 16.6. The number of hydrogen-bond donors (Lipinski definition) is 2. The zero-order valence-corrected chi connectivity index (χ0v) is 12.4. The van der Waals surface area contributed by atoms with Crippen molar-refractivity contribution < 1.29 is 9.66 Å². The molecule has 0 saturated carbocycles. The molecule has 1 fully saturated rings. The summed E-state index contributed by atoms with van der Waals surface area (Å²) in [5, 5.41) is 17.9. The summed E-state index contributed by atoms with van der Waals surface area (Å²) < 4.78 is 5.50. The highest BCUT2D eigenvalue weighted by molar-refractivity contribution is 5.58. The lowest BCUT2D eigenvalue weighted by molar-refractivity contribution is -0.385. The molecule has 1 heterocycles. The molecule has 1 aliphatic heterocycles. The standard InChI is InChI=1S/C15H23N3O3/c1-2-9-21-15-10-12(6-7-14(15)18(19)20)17-13-5-3-4-8-16-11-13/h6-7,10,13,16-17H,2-5,8-9,11H2,1H3. The van der Waals surface area contributed by atoms with Crippen LogP contribution in [0.3, 0.4) is 0 Å². The van der Waals surface area contributed by atoms with E-state index in [0.717, 1.165) is 31.6 Å². The van der Waals surface area contributed by atoms with E-state index in [1.54, 1.807) is 12.1 Å². The van der Waals surface area contributed by atoms with Crippen molar-refractivity contribution in [2.75, 3.05) is 25.0 Å². The Morgan fingerprint density at radius 3 is 3.10 bits per heavy atom. The minimum atomic E-state index is -0.401. The molecule has 1 aromatic carbocycles. The van der Waals surface area contributed by atoms with Gasteiger partial charge in [0.2, 0.25) is 0 Å².